The van der Waals surface area contributed by atoms with Gasteiger partial charge in [0, 0.05) is 25.2 Å². The lowest BCUT2D eigenvalue weighted by Crippen LogP contribution is -2.00. The second-order valence-electron chi connectivity index (χ2n) is 6.08. The molecule has 0 aliphatic carbocycles. The van der Waals surface area contributed by atoms with Gasteiger partial charge in [-0.05, 0) is 29.8 Å². The van der Waals surface area contributed by atoms with E-state index in [1.54, 1.807) is 6.20 Å². The van der Waals surface area contributed by atoms with Gasteiger partial charge in [-0.25, -0.2) is 14.5 Å². The van der Waals surface area contributed by atoms with Crippen molar-refractivity contribution in [3.63, 3.8) is 0 Å². The van der Waals surface area contributed by atoms with Crippen molar-refractivity contribution in [3.05, 3.63) is 66.5 Å². The van der Waals surface area contributed by atoms with Crippen molar-refractivity contribution in [2.75, 3.05) is 0 Å². The van der Waals surface area contributed by atoms with Crippen LogP contribution in [0.2, 0.25) is 0 Å². The van der Waals surface area contributed by atoms with Crippen molar-refractivity contribution in [1.82, 2.24) is 34.3 Å². The largest absolute Gasteiger partial charge is 0.334 e. The first-order valence-electron chi connectivity index (χ1n) is 8.01. The minimum atomic E-state index is 0.754. The maximum absolute atomic E-state index is 4.72. The highest BCUT2D eigenvalue weighted by molar-refractivity contribution is 5.76. The summed E-state index contributed by atoms with van der Waals surface area (Å²) >= 11 is 0. The molecule has 1 aromatic carbocycles. The van der Waals surface area contributed by atoms with Crippen molar-refractivity contribution in [3.8, 4) is 11.3 Å². The molecule has 0 saturated heterocycles. The minimum Gasteiger partial charge on any atom is -0.334 e. The average Bonchev–Trinajstić information content (AvgIpc) is 3.36. The van der Waals surface area contributed by atoms with Crippen LogP contribution in [0.5, 0.6) is 0 Å². The Morgan fingerprint density at radius 2 is 2.04 bits per heavy atom. The molecule has 0 unspecified atom stereocenters. The molecule has 4 heterocycles. The van der Waals surface area contributed by atoms with Gasteiger partial charge in [0.05, 0.1) is 41.1 Å². The molecule has 0 atom stereocenters. The molecule has 4 aromatic heterocycles. The highest BCUT2D eigenvalue weighted by atomic mass is 15.3. The zero-order chi connectivity index (χ0) is 16.8. The van der Waals surface area contributed by atoms with E-state index in [-0.39, 0.29) is 0 Å². The van der Waals surface area contributed by atoms with E-state index in [0.717, 1.165) is 40.1 Å². The van der Waals surface area contributed by atoms with Crippen LogP contribution in [0.4, 0.5) is 0 Å². The zero-order valence-corrected chi connectivity index (χ0v) is 13.6. The lowest BCUT2D eigenvalue weighted by Gasteiger charge is -2.04. The highest BCUT2D eigenvalue weighted by Gasteiger charge is 2.09. The van der Waals surface area contributed by atoms with Crippen LogP contribution in [0.3, 0.4) is 0 Å². The average molecular weight is 329 g/mol. The van der Waals surface area contributed by atoms with E-state index in [0.29, 0.717) is 0 Å². The Balaban J connectivity index is 1.57. The van der Waals surface area contributed by atoms with Gasteiger partial charge in [-0.3, -0.25) is 5.10 Å². The first kappa shape index (κ1) is 13.9. The maximum atomic E-state index is 4.72. The molecule has 0 fully saturated rings. The van der Waals surface area contributed by atoms with Crippen LogP contribution in [0.1, 0.15) is 11.3 Å². The normalized spacial score (nSPS) is 11.6. The number of nitrogens with one attached hydrogen (secondary N) is 1. The molecule has 1 N–H and O–H groups in total. The summed E-state index contributed by atoms with van der Waals surface area (Å²) in [5, 5.41) is 11.5. The van der Waals surface area contributed by atoms with Crippen molar-refractivity contribution in [1.29, 1.82) is 0 Å². The third-order valence-electron chi connectivity index (χ3n) is 4.40. The second-order valence-corrected chi connectivity index (χ2v) is 6.08. The summed E-state index contributed by atoms with van der Waals surface area (Å²) in [6.07, 6.45) is 8.07. The molecule has 7 nitrogen and oxygen atoms in total. The van der Waals surface area contributed by atoms with Crippen LogP contribution in [0, 0.1) is 0 Å². The van der Waals surface area contributed by atoms with E-state index in [1.807, 2.05) is 47.0 Å². The van der Waals surface area contributed by atoms with Gasteiger partial charge in [-0.2, -0.15) is 10.2 Å². The fourth-order valence-electron chi connectivity index (χ4n) is 3.08. The minimum absolute atomic E-state index is 0.754. The molecule has 0 aliphatic heterocycles. The van der Waals surface area contributed by atoms with Crippen LogP contribution in [-0.2, 0) is 13.5 Å². The maximum Gasteiger partial charge on any atom is 0.153 e. The van der Waals surface area contributed by atoms with Gasteiger partial charge in [-0.1, -0.05) is 6.07 Å². The van der Waals surface area contributed by atoms with Crippen LogP contribution < -0.4 is 0 Å². The van der Waals surface area contributed by atoms with Crippen LogP contribution in [-0.4, -0.2) is 34.3 Å². The molecule has 5 rings (SSSR count). The smallest absolute Gasteiger partial charge is 0.153 e. The Hall–Kier alpha value is -3.48. The van der Waals surface area contributed by atoms with Crippen LogP contribution in [0.25, 0.3) is 27.9 Å². The molecule has 0 bridgehead atoms. The number of hydrogen-bond acceptors (Lipinski definition) is 4. The number of H-pyrrole nitrogens is 1. The van der Waals surface area contributed by atoms with Crippen molar-refractivity contribution < 1.29 is 0 Å². The van der Waals surface area contributed by atoms with E-state index in [4.69, 9.17) is 5.10 Å². The first-order valence-corrected chi connectivity index (χ1v) is 8.01. The van der Waals surface area contributed by atoms with Crippen LogP contribution >= 0.6 is 0 Å². The number of benzene rings is 1. The zero-order valence-electron chi connectivity index (χ0n) is 13.6. The molecule has 25 heavy (non-hydrogen) atoms. The standard InChI is InChI=1S/C18H15N7/c1-24-11-20-16-3-2-12(7-17(16)24)6-14-10-19-18-5-4-15(23-25(14)18)13-8-21-22-9-13/h2-5,7-11H,6H2,1H3,(H,21,22). The fourth-order valence-corrected chi connectivity index (χ4v) is 3.08. The van der Waals surface area contributed by atoms with E-state index in [9.17, 15) is 0 Å². The SMILES string of the molecule is Cn1cnc2ccc(Cc3cnc4ccc(-c5cn[nH]c5)nn34)cc21. The van der Waals surface area contributed by atoms with E-state index in [2.05, 4.69) is 38.4 Å². The Morgan fingerprint density at radius 3 is 2.92 bits per heavy atom. The molecule has 0 amide bonds. The van der Waals surface area contributed by atoms with Gasteiger partial charge in [0.25, 0.3) is 0 Å². The number of nitrogens with zero attached hydrogens (tertiary/aromatic N) is 6. The summed E-state index contributed by atoms with van der Waals surface area (Å²) in [5.74, 6) is 0. The molecule has 0 saturated carbocycles. The van der Waals surface area contributed by atoms with Gasteiger partial charge in [-0.15, -0.1) is 0 Å². The van der Waals surface area contributed by atoms with Crippen molar-refractivity contribution in [2.45, 2.75) is 6.42 Å². The van der Waals surface area contributed by atoms with E-state index in [1.165, 1.54) is 5.56 Å². The van der Waals surface area contributed by atoms with Gasteiger partial charge in [0.2, 0.25) is 0 Å². The molecule has 0 radical (unpaired) electrons. The molecule has 0 spiro atoms. The molecule has 5 aromatic rings. The monoisotopic (exact) mass is 329 g/mol. The topological polar surface area (TPSA) is 76.7 Å². The summed E-state index contributed by atoms with van der Waals surface area (Å²) in [6, 6.07) is 10.3. The number of aromatic nitrogens is 7. The molecule has 0 aliphatic rings. The van der Waals surface area contributed by atoms with Crippen molar-refractivity contribution in [2.24, 2.45) is 7.05 Å². The Morgan fingerprint density at radius 1 is 1.08 bits per heavy atom. The Labute approximate surface area is 143 Å². The van der Waals surface area contributed by atoms with Gasteiger partial charge < -0.3 is 4.57 Å². The van der Waals surface area contributed by atoms with E-state index < -0.39 is 0 Å². The Bertz CT molecular complexity index is 1180. The Kier molecular flexibility index (Phi) is 2.93. The van der Waals surface area contributed by atoms with Gasteiger partial charge in [0.1, 0.15) is 0 Å². The van der Waals surface area contributed by atoms with Crippen molar-refractivity contribution >= 4 is 16.7 Å². The van der Waals surface area contributed by atoms with Gasteiger partial charge >= 0.3 is 0 Å². The third-order valence-corrected chi connectivity index (χ3v) is 4.40. The summed E-state index contributed by atoms with van der Waals surface area (Å²) < 4.78 is 3.93. The first-order chi connectivity index (χ1) is 12.3. The number of rotatable bonds is 3. The lowest BCUT2D eigenvalue weighted by molar-refractivity contribution is 0.876. The summed E-state index contributed by atoms with van der Waals surface area (Å²) in [4.78, 5) is 8.84. The quantitative estimate of drug-likeness (QED) is 0.552. The summed E-state index contributed by atoms with van der Waals surface area (Å²) in [6.45, 7) is 0. The molecule has 122 valence electrons. The third kappa shape index (κ3) is 2.28. The second kappa shape index (κ2) is 5.27. The van der Waals surface area contributed by atoms with Crippen LogP contribution in [0.15, 0.2) is 55.2 Å². The highest BCUT2D eigenvalue weighted by Crippen LogP contribution is 2.19. The number of aryl methyl sites for hydroxylation is 1. The predicted octanol–water partition coefficient (Wildman–Crippen LogP) is 2.60. The number of imidazole rings is 2. The molecule has 7 heteroatoms. The lowest BCUT2D eigenvalue weighted by atomic mass is 10.1. The predicted molar refractivity (Wildman–Crippen MR) is 94.1 cm³/mol. The van der Waals surface area contributed by atoms with E-state index >= 15 is 0 Å². The molecular weight excluding hydrogens is 314 g/mol. The molecular formula is C18H15N7. The summed E-state index contributed by atoms with van der Waals surface area (Å²) in [5.41, 5.74) is 7.03. The fraction of sp³-hybridized carbons (Fsp3) is 0.111. The number of fused-ring (bicyclic) bond motifs is 2. The number of hydrogen-bond donors (Lipinski definition) is 1. The number of aromatic amines is 1. The van der Waals surface area contributed by atoms with Gasteiger partial charge in [0.15, 0.2) is 5.65 Å². The summed E-state index contributed by atoms with van der Waals surface area (Å²) in [7, 11) is 2.01.